The van der Waals surface area contributed by atoms with Gasteiger partial charge in [0.05, 0.1) is 0 Å². The summed E-state index contributed by atoms with van der Waals surface area (Å²) in [5.74, 6) is 0. The molecule has 0 unspecified atom stereocenters. The molecule has 0 atom stereocenters. The molecule has 0 aromatic heterocycles. The zero-order chi connectivity index (χ0) is 17.1. The Labute approximate surface area is 137 Å². The van der Waals surface area contributed by atoms with E-state index in [2.05, 4.69) is 71.0 Å². The monoisotopic (exact) mass is 395 g/mol. The van der Waals surface area contributed by atoms with E-state index in [1.807, 2.05) is 0 Å². The summed E-state index contributed by atoms with van der Waals surface area (Å²) in [4.78, 5) is 0. The van der Waals surface area contributed by atoms with E-state index in [0.29, 0.717) is 0 Å². The summed E-state index contributed by atoms with van der Waals surface area (Å²) in [5.41, 5.74) is 0. The Morgan fingerprint density at radius 1 is 0.667 bits per heavy atom. The van der Waals surface area contributed by atoms with Crippen molar-refractivity contribution in [2.24, 2.45) is 0 Å². The van der Waals surface area contributed by atoms with Gasteiger partial charge in [0.1, 0.15) is 0 Å². The van der Waals surface area contributed by atoms with Crippen LogP contribution < -0.4 is 0 Å². The Kier molecular flexibility index (Phi) is 14.8. The highest BCUT2D eigenvalue weighted by atomic mass is 79.9. The lowest BCUT2D eigenvalue weighted by molar-refractivity contribution is 0.142. The second-order valence-electron chi connectivity index (χ2n) is 4.13. The van der Waals surface area contributed by atoms with Crippen molar-refractivity contribution in [2.45, 2.75) is 41.5 Å². The second-order valence-corrected chi connectivity index (χ2v) is 9.67. The summed E-state index contributed by atoms with van der Waals surface area (Å²) >= 11 is 4.13. The minimum atomic E-state index is -3.08. The van der Waals surface area contributed by atoms with Crippen molar-refractivity contribution in [1.82, 2.24) is 14.0 Å². The van der Waals surface area contributed by atoms with E-state index < -0.39 is 13.1 Å². The summed E-state index contributed by atoms with van der Waals surface area (Å²) in [6.45, 7) is 17.1. The Balaban J connectivity index is 0. The van der Waals surface area contributed by atoms with E-state index in [0.717, 1.165) is 39.3 Å². The number of hydrogen-bond donors (Lipinski definition) is 0. The zero-order valence-corrected chi connectivity index (χ0v) is 16.5. The van der Waals surface area contributed by atoms with Crippen LogP contribution in [0.4, 0.5) is 13.2 Å². The molecular formula is C13H30BrF3N3P. The predicted molar refractivity (Wildman–Crippen MR) is 91.2 cm³/mol. The minimum absolute atomic E-state index is 1.10. The quantitative estimate of drug-likeness (QED) is 0.380. The molecule has 0 heterocycles. The standard InChI is InChI=1S/C12H30BrN3P.CF3/c1-7-14(8-2)17(13,15(9-3)10-4)16(11-5)12-6;2-1(3)4/h7-12H2,1-6H3;/q+1;-1. The van der Waals surface area contributed by atoms with Gasteiger partial charge in [-0.2, -0.15) is 0 Å². The SMILES string of the molecule is CCN(CC)[P+](Br)(N(CC)CC)N(CC)CC.F[C-](F)F. The van der Waals surface area contributed by atoms with E-state index >= 15 is 0 Å². The van der Waals surface area contributed by atoms with E-state index in [-0.39, 0.29) is 0 Å². The third kappa shape index (κ3) is 7.60. The van der Waals surface area contributed by atoms with Crippen LogP contribution in [0.5, 0.6) is 0 Å². The Morgan fingerprint density at radius 2 is 0.810 bits per heavy atom. The average molecular weight is 396 g/mol. The third-order valence-corrected chi connectivity index (χ3v) is 11.2. The second kappa shape index (κ2) is 13.1. The van der Waals surface area contributed by atoms with Gasteiger partial charge >= 0.3 is 0 Å². The van der Waals surface area contributed by atoms with Crippen LogP contribution in [0.25, 0.3) is 0 Å². The molecule has 0 N–H and O–H groups in total. The fourth-order valence-electron chi connectivity index (χ4n) is 2.29. The maximum atomic E-state index is 9.58. The summed E-state index contributed by atoms with van der Waals surface area (Å²) in [6, 6.07) is 0. The lowest BCUT2D eigenvalue weighted by atomic mass is 10.7. The first kappa shape index (κ1) is 23.8. The molecule has 0 spiro atoms. The zero-order valence-electron chi connectivity index (χ0n) is 14.0. The van der Waals surface area contributed by atoms with E-state index in [9.17, 15) is 13.2 Å². The number of nitrogens with zero attached hydrogens (tertiary/aromatic N) is 3. The van der Waals surface area contributed by atoms with E-state index in [1.54, 1.807) is 0 Å². The maximum Gasteiger partial charge on any atom is 0.299 e. The number of rotatable bonds is 9. The van der Waals surface area contributed by atoms with Crippen molar-refractivity contribution >= 4 is 21.9 Å². The van der Waals surface area contributed by atoms with Crippen LogP contribution in [-0.4, -0.2) is 53.3 Å². The lowest BCUT2D eigenvalue weighted by Crippen LogP contribution is -2.42. The van der Waals surface area contributed by atoms with Crippen LogP contribution in [-0.2, 0) is 0 Å². The molecule has 0 aliphatic rings. The molecule has 0 aromatic carbocycles. The van der Waals surface area contributed by atoms with Gasteiger partial charge in [0.15, 0.2) is 6.68 Å². The summed E-state index contributed by atoms with van der Waals surface area (Å²) < 4.78 is 36.5. The highest BCUT2D eigenvalue weighted by molar-refractivity contribution is 9.41. The Hall–Kier alpha value is 0.580. The summed E-state index contributed by atoms with van der Waals surface area (Å²) in [6.07, 6.45) is -1.49. The number of halogens is 4. The predicted octanol–water partition coefficient (Wildman–Crippen LogP) is 5.43. The molecule has 0 aliphatic carbocycles. The van der Waals surface area contributed by atoms with Gasteiger partial charge in [-0.25, -0.2) is 0 Å². The highest BCUT2D eigenvalue weighted by Gasteiger charge is 2.52. The summed E-state index contributed by atoms with van der Waals surface area (Å²) in [7, 11) is 0. The molecule has 0 aliphatic heterocycles. The largest absolute Gasteiger partial charge is 0.385 e. The topological polar surface area (TPSA) is 9.72 Å². The molecule has 21 heavy (non-hydrogen) atoms. The van der Waals surface area contributed by atoms with Crippen molar-refractivity contribution in [3.63, 3.8) is 0 Å². The van der Waals surface area contributed by atoms with Gasteiger partial charge in [-0.3, -0.25) is 0 Å². The first-order chi connectivity index (χ1) is 9.79. The molecule has 130 valence electrons. The van der Waals surface area contributed by atoms with Gasteiger partial charge in [-0.05, 0) is 41.5 Å². The Bertz CT molecular complexity index is 205. The van der Waals surface area contributed by atoms with Crippen molar-refractivity contribution in [1.29, 1.82) is 0 Å². The van der Waals surface area contributed by atoms with Crippen LogP contribution >= 0.6 is 21.9 Å². The van der Waals surface area contributed by atoms with Gasteiger partial charge in [-0.1, -0.05) is 0 Å². The van der Waals surface area contributed by atoms with Gasteiger partial charge in [0.2, 0.25) is 15.5 Å². The molecule has 0 radical (unpaired) electrons. The van der Waals surface area contributed by atoms with E-state index in [1.165, 1.54) is 0 Å². The minimum Gasteiger partial charge on any atom is -0.385 e. The lowest BCUT2D eigenvalue weighted by Gasteiger charge is -2.41. The molecular weight excluding hydrogens is 366 g/mol. The molecule has 0 bridgehead atoms. The molecule has 0 amide bonds. The van der Waals surface area contributed by atoms with Gasteiger partial charge in [-0.15, -0.1) is 14.0 Å². The van der Waals surface area contributed by atoms with Gasteiger partial charge in [0.25, 0.3) is 6.42 Å². The molecule has 8 heteroatoms. The van der Waals surface area contributed by atoms with Crippen molar-refractivity contribution < 1.29 is 13.2 Å². The van der Waals surface area contributed by atoms with Gasteiger partial charge < -0.3 is 13.2 Å². The summed E-state index contributed by atoms with van der Waals surface area (Å²) in [5, 5.41) is 0. The molecule has 0 rings (SSSR count). The fourth-order valence-corrected chi connectivity index (χ4v) is 9.56. The average Bonchev–Trinajstić information content (AvgIpc) is 2.42. The van der Waals surface area contributed by atoms with Crippen LogP contribution in [0.2, 0.25) is 0 Å². The van der Waals surface area contributed by atoms with Crippen molar-refractivity contribution in [3.8, 4) is 0 Å². The smallest absolute Gasteiger partial charge is 0.299 e. The first-order valence-corrected chi connectivity index (χ1v) is 11.1. The molecule has 0 fully saturated rings. The first-order valence-electron chi connectivity index (χ1n) is 7.48. The normalized spacial score (nSPS) is 12.3. The highest BCUT2D eigenvalue weighted by Crippen LogP contribution is 2.73. The molecule has 0 aromatic rings. The van der Waals surface area contributed by atoms with Crippen LogP contribution in [0.15, 0.2) is 0 Å². The maximum absolute atomic E-state index is 9.58. The molecule has 0 saturated carbocycles. The molecule has 3 nitrogen and oxygen atoms in total. The fraction of sp³-hybridized carbons (Fsp3) is 0.923. The van der Waals surface area contributed by atoms with Crippen molar-refractivity contribution in [3.05, 3.63) is 6.68 Å². The third-order valence-electron chi connectivity index (χ3n) is 3.27. The van der Waals surface area contributed by atoms with Crippen LogP contribution in [0, 0.1) is 6.68 Å². The Morgan fingerprint density at radius 3 is 0.905 bits per heavy atom. The van der Waals surface area contributed by atoms with E-state index in [4.69, 9.17) is 0 Å². The van der Waals surface area contributed by atoms with Crippen molar-refractivity contribution in [2.75, 3.05) is 39.3 Å². The molecule has 0 saturated heterocycles. The van der Waals surface area contributed by atoms with Gasteiger partial charge in [0, 0.05) is 39.3 Å². The number of hydrogen-bond acceptors (Lipinski definition) is 3. The van der Waals surface area contributed by atoms with Crippen LogP contribution in [0.3, 0.4) is 0 Å². The van der Waals surface area contributed by atoms with Crippen LogP contribution in [0.1, 0.15) is 41.5 Å².